The molecule has 1 fully saturated rings. The van der Waals surface area contributed by atoms with Crippen molar-refractivity contribution < 1.29 is 20.1 Å². The van der Waals surface area contributed by atoms with E-state index in [1.807, 2.05) is 0 Å². The predicted octanol–water partition coefficient (Wildman–Crippen LogP) is -2.00. The van der Waals surface area contributed by atoms with Gasteiger partial charge in [-0.3, -0.25) is 4.57 Å². The Kier molecular flexibility index (Phi) is 4.68. The summed E-state index contributed by atoms with van der Waals surface area (Å²) in [5, 5.41) is 32.2. The van der Waals surface area contributed by atoms with Gasteiger partial charge in [0.1, 0.15) is 30.2 Å². The summed E-state index contributed by atoms with van der Waals surface area (Å²) < 4.78 is 7.29. The van der Waals surface area contributed by atoms with E-state index in [0.29, 0.717) is 30.7 Å². The minimum absolute atomic E-state index is 0.0917. The van der Waals surface area contributed by atoms with Gasteiger partial charge in [-0.15, -0.1) is 0 Å². The van der Waals surface area contributed by atoms with Gasteiger partial charge >= 0.3 is 0 Å². The second-order valence-corrected chi connectivity index (χ2v) is 5.41. The van der Waals surface area contributed by atoms with E-state index in [1.54, 1.807) is 0 Å². The monoisotopic (exact) mass is 324 g/mol. The van der Waals surface area contributed by atoms with Gasteiger partial charge in [-0.2, -0.15) is 0 Å². The van der Waals surface area contributed by atoms with Gasteiger partial charge in [0.05, 0.1) is 6.33 Å². The highest BCUT2D eigenvalue weighted by Crippen LogP contribution is 2.31. The molecule has 0 unspecified atom stereocenters. The molecule has 1 aliphatic heterocycles. The van der Waals surface area contributed by atoms with Crippen molar-refractivity contribution >= 4 is 17.0 Å². The molecule has 0 amide bonds. The maximum Gasteiger partial charge on any atom is 0.167 e. The molecule has 0 aliphatic carbocycles. The summed E-state index contributed by atoms with van der Waals surface area (Å²) in [5.74, 6) is 0.240. The Morgan fingerprint density at radius 1 is 1.26 bits per heavy atom. The van der Waals surface area contributed by atoms with Crippen LogP contribution in [0.25, 0.3) is 11.2 Å². The Morgan fingerprint density at radius 2 is 2.09 bits per heavy atom. The van der Waals surface area contributed by atoms with Crippen molar-refractivity contribution in [3.05, 3.63) is 12.7 Å². The third kappa shape index (κ3) is 2.99. The standard InChI is InChI=1S/C13H20N6O4/c14-11-8-12(17-5-16-11)19(6-18-8)13-10(22)9(21)7(23-13)4-15-2-1-3-20/h5-7,9-10,13,15,20-22H,1-4H2,(H2,14,16,17)/t7-,9-,10-,13-/m1/s1. The summed E-state index contributed by atoms with van der Waals surface area (Å²) >= 11 is 0. The van der Waals surface area contributed by atoms with Crippen molar-refractivity contribution in [2.75, 3.05) is 25.4 Å². The van der Waals surface area contributed by atoms with E-state index in [0.717, 1.165) is 0 Å². The number of aliphatic hydroxyl groups is 3. The van der Waals surface area contributed by atoms with E-state index in [2.05, 4.69) is 20.3 Å². The minimum atomic E-state index is -1.12. The lowest BCUT2D eigenvalue weighted by Gasteiger charge is -2.16. The number of nitrogen functional groups attached to an aromatic ring is 1. The maximum absolute atomic E-state index is 10.3. The van der Waals surface area contributed by atoms with Gasteiger partial charge in [0.2, 0.25) is 0 Å². The molecule has 6 N–H and O–H groups in total. The first-order valence-electron chi connectivity index (χ1n) is 7.39. The molecule has 1 aliphatic rings. The zero-order valence-corrected chi connectivity index (χ0v) is 12.4. The van der Waals surface area contributed by atoms with E-state index >= 15 is 0 Å². The van der Waals surface area contributed by atoms with Crippen molar-refractivity contribution in [1.29, 1.82) is 0 Å². The molecule has 126 valence electrons. The molecule has 0 spiro atoms. The molecule has 0 saturated carbocycles. The molecule has 3 rings (SSSR count). The molecule has 10 nitrogen and oxygen atoms in total. The smallest absolute Gasteiger partial charge is 0.167 e. The highest BCUT2D eigenvalue weighted by atomic mass is 16.6. The van der Waals surface area contributed by atoms with E-state index in [1.165, 1.54) is 17.2 Å². The Balaban J connectivity index is 1.76. The van der Waals surface area contributed by atoms with Crippen LogP contribution in [0.5, 0.6) is 0 Å². The Bertz CT molecular complexity index is 665. The number of nitrogens with zero attached hydrogens (tertiary/aromatic N) is 4. The highest BCUT2D eigenvalue weighted by molar-refractivity contribution is 5.81. The summed E-state index contributed by atoms with van der Waals surface area (Å²) in [6, 6.07) is 0. The number of fused-ring (bicyclic) bond motifs is 1. The second kappa shape index (κ2) is 6.72. The van der Waals surface area contributed by atoms with Crippen molar-refractivity contribution in [2.24, 2.45) is 0 Å². The number of aromatic nitrogens is 4. The SMILES string of the molecule is Nc1ncnc2c1ncn2[C@@H]1O[C@H](CNCCCO)[C@@H](O)[C@H]1O. The molecule has 2 aromatic heterocycles. The number of hydrogen-bond donors (Lipinski definition) is 5. The quantitative estimate of drug-likeness (QED) is 0.380. The normalized spacial score (nSPS) is 27.8. The van der Waals surface area contributed by atoms with Crippen molar-refractivity contribution in [3.63, 3.8) is 0 Å². The number of hydrogen-bond acceptors (Lipinski definition) is 9. The number of nitrogens with one attached hydrogen (secondary N) is 1. The van der Waals surface area contributed by atoms with Crippen LogP contribution in [0.2, 0.25) is 0 Å². The number of aliphatic hydroxyl groups excluding tert-OH is 3. The summed E-state index contributed by atoms with van der Waals surface area (Å²) in [6.07, 6.45) is -0.179. The average molecular weight is 324 g/mol. The van der Waals surface area contributed by atoms with Crippen LogP contribution in [0.15, 0.2) is 12.7 Å². The zero-order chi connectivity index (χ0) is 16.4. The van der Waals surface area contributed by atoms with Crippen LogP contribution >= 0.6 is 0 Å². The number of nitrogens with two attached hydrogens (primary N) is 1. The van der Waals surface area contributed by atoms with Crippen molar-refractivity contribution in [1.82, 2.24) is 24.8 Å². The molecule has 2 aromatic rings. The highest BCUT2D eigenvalue weighted by Gasteiger charge is 2.44. The van der Waals surface area contributed by atoms with Crippen LogP contribution in [0.1, 0.15) is 12.6 Å². The minimum Gasteiger partial charge on any atom is -0.396 e. The molecule has 0 bridgehead atoms. The van der Waals surface area contributed by atoms with Gasteiger partial charge in [0, 0.05) is 13.2 Å². The largest absolute Gasteiger partial charge is 0.396 e. The Morgan fingerprint density at radius 3 is 2.87 bits per heavy atom. The lowest BCUT2D eigenvalue weighted by Crippen LogP contribution is -2.38. The summed E-state index contributed by atoms with van der Waals surface area (Å²) in [4.78, 5) is 12.1. The lowest BCUT2D eigenvalue weighted by atomic mass is 10.1. The number of imidazole rings is 1. The molecule has 4 atom stereocenters. The van der Waals surface area contributed by atoms with Crippen LogP contribution in [0, 0.1) is 0 Å². The molecule has 3 heterocycles. The lowest BCUT2D eigenvalue weighted by molar-refractivity contribution is -0.0341. The third-order valence-corrected chi connectivity index (χ3v) is 3.86. The third-order valence-electron chi connectivity index (χ3n) is 3.86. The maximum atomic E-state index is 10.3. The molecule has 0 aromatic carbocycles. The van der Waals surface area contributed by atoms with Crippen molar-refractivity contribution in [2.45, 2.75) is 31.0 Å². The fourth-order valence-electron chi connectivity index (χ4n) is 2.63. The van der Waals surface area contributed by atoms with Crippen LogP contribution in [-0.2, 0) is 4.74 Å². The average Bonchev–Trinajstić information content (AvgIpc) is 3.09. The van der Waals surface area contributed by atoms with Crippen LogP contribution in [-0.4, -0.2) is 72.8 Å². The summed E-state index contributed by atoms with van der Waals surface area (Å²) in [5.41, 5.74) is 6.59. The van der Waals surface area contributed by atoms with Gasteiger partial charge in [-0.1, -0.05) is 0 Å². The number of rotatable bonds is 6. The zero-order valence-electron chi connectivity index (χ0n) is 12.4. The van der Waals surface area contributed by atoms with Crippen molar-refractivity contribution in [3.8, 4) is 0 Å². The summed E-state index contributed by atoms with van der Waals surface area (Å²) in [7, 11) is 0. The second-order valence-electron chi connectivity index (χ2n) is 5.41. The molecule has 0 radical (unpaired) electrons. The van der Waals surface area contributed by atoms with Gasteiger partial charge in [0.15, 0.2) is 17.7 Å². The van der Waals surface area contributed by atoms with Crippen LogP contribution in [0.3, 0.4) is 0 Å². The van der Waals surface area contributed by atoms with Crippen LogP contribution in [0.4, 0.5) is 5.82 Å². The molecule has 23 heavy (non-hydrogen) atoms. The number of ether oxygens (including phenoxy) is 1. The van der Waals surface area contributed by atoms with E-state index in [-0.39, 0.29) is 12.4 Å². The van der Waals surface area contributed by atoms with Crippen LogP contribution < -0.4 is 11.1 Å². The molecular formula is C13H20N6O4. The van der Waals surface area contributed by atoms with Gasteiger partial charge in [0.25, 0.3) is 0 Å². The fourth-order valence-corrected chi connectivity index (χ4v) is 2.63. The van der Waals surface area contributed by atoms with Gasteiger partial charge in [-0.25, -0.2) is 15.0 Å². The molecular weight excluding hydrogens is 304 g/mol. The fraction of sp³-hybridized carbons (Fsp3) is 0.615. The Labute approximate surface area is 131 Å². The molecule has 1 saturated heterocycles. The topological polar surface area (TPSA) is 152 Å². The van der Waals surface area contributed by atoms with E-state index in [4.69, 9.17) is 15.6 Å². The summed E-state index contributed by atoms with van der Waals surface area (Å²) in [6.45, 7) is 1.05. The first-order chi connectivity index (χ1) is 11.1. The van der Waals surface area contributed by atoms with Gasteiger partial charge in [-0.05, 0) is 13.0 Å². The number of anilines is 1. The van der Waals surface area contributed by atoms with Gasteiger partial charge < -0.3 is 31.1 Å². The molecule has 10 heteroatoms. The first kappa shape index (κ1) is 16.0. The predicted molar refractivity (Wildman–Crippen MR) is 80.2 cm³/mol. The first-order valence-corrected chi connectivity index (χ1v) is 7.39. The van der Waals surface area contributed by atoms with E-state index in [9.17, 15) is 10.2 Å². The van der Waals surface area contributed by atoms with E-state index < -0.39 is 24.5 Å². The Hall–Kier alpha value is -1.85.